The van der Waals surface area contributed by atoms with Gasteiger partial charge in [-0.3, -0.25) is 4.79 Å². The molecule has 2 aromatic rings. The molecule has 0 aliphatic carbocycles. The summed E-state index contributed by atoms with van der Waals surface area (Å²) in [5.74, 6) is -0.613. The van der Waals surface area contributed by atoms with Crippen LogP contribution in [0.3, 0.4) is 0 Å². The molecule has 0 saturated carbocycles. The van der Waals surface area contributed by atoms with E-state index in [0.29, 0.717) is 17.0 Å². The maximum absolute atomic E-state index is 12.3. The summed E-state index contributed by atoms with van der Waals surface area (Å²) in [6.45, 7) is 1.48. The summed E-state index contributed by atoms with van der Waals surface area (Å²) in [5, 5.41) is 11.5. The van der Waals surface area contributed by atoms with Crippen LogP contribution >= 0.6 is 0 Å². The van der Waals surface area contributed by atoms with Crippen LogP contribution in [0.5, 0.6) is 5.75 Å². The Kier molecular flexibility index (Phi) is 6.13. The van der Waals surface area contributed by atoms with Crippen molar-refractivity contribution < 1.29 is 19.1 Å². The topological polar surface area (TPSA) is 88.4 Å². The summed E-state index contributed by atoms with van der Waals surface area (Å²) in [7, 11) is 1.50. The minimum atomic E-state index is -1.01. The Balaban J connectivity index is 2.06. The van der Waals surface area contributed by atoms with Crippen LogP contribution in [-0.4, -0.2) is 25.1 Å². The molecular weight excluding hydrogens is 320 g/mol. The standard InChI is InChI=1S/C19H18N2O4/c1-13(18(22)21-16-9-5-6-10-17(16)24-2)25-19(23)15-8-4-3-7-14(15)11-12-20/h3-10,13H,11H2,1-2H3,(H,21,22)/t13-/m1/s1. The molecular formula is C19H18N2O4. The summed E-state index contributed by atoms with van der Waals surface area (Å²) in [4.78, 5) is 24.6. The number of rotatable bonds is 6. The van der Waals surface area contributed by atoms with Crippen molar-refractivity contribution in [3.05, 3.63) is 59.7 Å². The number of para-hydroxylation sites is 2. The third-order valence-electron chi connectivity index (χ3n) is 3.52. The van der Waals surface area contributed by atoms with E-state index in [1.54, 1.807) is 48.5 Å². The van der Waals surface area contributed by atoms with Crippen molar-refractivity contribution in [2.24, 2.45) is 0 Å². The van der Waals surface area contributed by atoms with E-state index in [1.165, 1.54) is 14.0 Å². The number of ether oxygens (including phenoxy) is 2. The molecule has 0 aliphatic rings. The van der Waals surface area contributed by atoms with Gasteiger partial charge in [0.2, 0.25) is 0 Å². The van der Waals surface area contributed by atoms with Gasteiger partial charge >= 0.3 is 5.97 Å². The van der Waals surface area contributed by atoms with Crippen molar-refractivity contribution in [1.29, 1.82) is 5.26 Å². The van der Waals surface area contributed by atoms with Gasteiger partial charge in [0.15, 0.2) is 6.10 Å². The van der Waals surface area contributed by atoms with Gasteiger partial charge in [-0.2, -0.15) is 5.26 Å². The lowest BCUT2D eigenvalue weighted by atomic mass is 10.1. The molecule has 0 fully saturated rings. The van der Waals surface area contributed by atoms with Gasteiger partial charge in [-0.25, -0.2) is 4.79 Å². The lowest BCUT2D eigenvalue weighted by molar-refractivity contribution is -0.123. The number of esters is 1. The van der Waals surface area contributed by atoms with Crippen LogP contribution in [0.1, 0.15) is 22.8 Å². The van der Waals surface area contributed by atoms with E-state index in [-0.39, 0.29) is 12.0 Å². The molecule has 128 valence electrons. The second-order valence-electron chi connectivity index (χ2n) is 5.23. The summed E-state index contributed by atoms with van der Waals surface area (Å²) in [5.41, 5.74) is 1.33. The molecule has 0 radical (unpaired) electrons. The van der Waals surface area contributed by atoms with Crippen molar-refractivity contribution in [3.63, 3.8) is 0 Å². The Hall–Kier alpha value is -3.33. The maximum Gasteiger partial charge on any atom is 0.339 e. The van der Waals surface area contributed by atoms with Crippen LogP contribution in [0, 0.1) is 11.3 Å². The molecule has 6 nitrogen and oxygen atoms in total. The number of nitriles is 1. The van der Waals surface area contributed by atoms with Gasteiger partial charge in [0.25, 0.3) is 5.91 Å². The number of hydrogen-bond acceptors (Lipinski definition) is 5. The monoisotopic (exact) mass is 338 g/mol. The summed E-state index contributed by atoms with van der Waals surface area (Å²) in [6, 6.07) is 15.6. The SMILES string of the molecule is COc1ccccc1NC(=O)[C@@H](C)OC(=O)c1ccccc1CC#N. The second-order valence-corrected chi connectivity index (χ2v) is 5.23. The summed E-state index contributed by atoms with van der Waals surface area (Å²) < 4.78 is 10.4. The van der Waals surface area contributed by atoms with Gasteiger partial charge in [0.05, 0.1) is 30.9 Å². The zero-order valence-corrected chi connectivity index (χ0v) is 14.0. The largest absolute Gasteiger partial charge is 0.495 e. The molecule has 6 heteroatoms. The molecule has 1 amide bonds. The molecule has 25 heavy (non-hydrogen) atoms. The van der Waals surface area contributed by atoms with Crippen LogP contribution in [0.4, 0.5) is 5.69 Å². The fourth-order valence-corrected chi connectivity index (χ4v) is 2.22. The van der Waals surface area contributed by atoms with Crippen molar-refractivity contribution in [3.8, 4) is 11.8 Å². The van der Waals surface area contributed by atoms with Crippen molar-refractivity contribution in [2.75, 3.05) is 12.4 Å². The lowest BCUT2D eigenvalue weighted by Crippen LogP contribution is -2.30. The predicted octanol–water partition coefficient (Wildman–Crippen LogP) is 2.95. The average Bonchev–Trinajstić information content (AvgIpc) is 2.62. The zero-order valence-electron chi connectivity index (χ0n) is 14.0. The highest BCUT2D eigenvalue weighted by Crippen LogP contribution is 2.23. The lowest BCUT2D eigenvalue weighted by Gasteiger charge is -2.15. The Morgan fingerprint density at radius 1 is 1.16 bits per heavy atom. The van der Waals surface area contributed by atoms with Crippen LogP contribution < -0.4 is 10.1 Å². The second kappa shape index (κ2) is 8.50. The number of benzene rings is 2. The van der Waals surface area contributed by atoms with Crippen LogP contribution in [-0.2, 0) is 16.0 Å². The zero-order chi connectivity index (χ0) is 18.2. The van der Waals surface area contributed by atoms with Gasteiger partial charge in [-0.1, -0.05) is 30.3 Å². The minimum absolute atomic E-state index is 0.0903. The van der Waals surface area contributed by atoms with Crippen molar-refractivity contribution in [1.82, 2.24) is 0 Å². The van der Waals surface area contributed by atoms with E-state index in [9.17, 15) is 9.59 Å². The minimum Gasteiger partial charge on any atom is -0.495 e. The Labute approximate surface area is 146 Å². The quantitative estimate of drug-likeness (QED) is 0.818. The summed E-state index contributed by atoms with van der Waals surface area (Å²) in [6.07, 6.45) is -0.917. The molecule has 2 aromatic carbocycles. The Morgan fingerprint density at radius 2 is 1.84 bits per heavy atom. The highest BCUT2D eigenvalue weighted by atomic mass is 16.5. The van der Waals surface area contributed by atoms with E-state index < -0.39 is 18.0 Å². The molecule has 0 aromatic heterocycles. The number of carbonyl (C=O) groups is 2. The molecule has 0 bridgehead atoms. The summed E-state index contributed by atoms with van der Waals surface area (Å²) >= 11 is 0. The highest BCUT2D eigenvalue weighted by molar-refractivity contribution is 5.98. The molecule has 0 saturated heterocycles. The van der Waals surface area contributed by atoms with E-state index in [1.807, 2.05) is 6.07 Å². The smallest absolute Gasteiger partial charge is 0.339 e. The van der Waals surface area contributed by atoms with Crippen molar-refractivity contribution in [2.45, 2.75) is 19.4 Å². The van der Waals surface area contributed by atoms with Gasteiger partial charge in [-0.15, -0.1) is 0 Å². The first-order valence-corrected chi connectivity index (χ1v) is 7.66. The van der Waals surface area contributed by atoms with Crippen molar-refractivity contribution >= 4 is 17.6 Å². The molecule has 0 heterocycles. The highest BCUT2D eigenvalue weighted by Gasteiger charge is 2.21. The van der Waals surface area contributed by atoms with Crippen LogP contribution in [0.25, 0.3) is 0 Å². The number of methoxy groups -OCH3 is 1. The first-order chi connectivity index (χ1) is 12.1. The maximum atomic E-state index is 12.3. The Morgan fingerprint density at radius 3 is 2.56 bits per heavy atom. The Bertz CT molecular complexity index is 811. The molecule has 0 aliphatic heterocycles. The van der Waals surface area contributed by atoms with E-state index in [2.05, 4.69) is 5.32 Å². The van der Waals surface area contributed by atoms with E-state index in [4.69, 9.17) is 14.7 Å². The number of carbonyl (C=O) groups excluding carboxylic acids is 2. The fraction of sp³-hybridized carbons (Fsp3) is 0.211. The molecule has 0 unspecified atom stereocenters. The van der Waals surface area contributed by atoms with Gasteiger partial charge in [-0.05, 0) is 30.7 Å². The van der Waals surface area contributed by atoms with Crippen LogP contribution in [0.2, 0.25) is 0 Å². The number of anilines is 1. The first kappa shape index (κ1) is 18.0. The normalized spacial score (nSPS) is 11.1. The number of nitrogens with zero attached hydrogens (tertiary/aromatic N) is 1. The number of hydrogen-bond donors (Lipinski definition) is 1. The third kappa shape index (κ3) is 4.58. The number of nitrogens with one attached hydrogen (secondary N) is 1. The van der Waals surface area contributed by atoms with E-state index >= 15 is 0 Å². The molecule has 1 N–H and O–H groups in total. The molecule has 0 spiro atoms. The molecule has 2 rings (SSSR count). The van der Waals surface area contributed by atoms with Gasteiger partial charge in [0, 0.05) is 0 Å². The predicted molar refractivity (Wildman–Crippen MR) is 92.3 cm³/mol. The third-order valence-corrected chi connectivity index (χ3v) is 3.52. The van der Waals surface area contributed by atoms with E-state index in [0.717, 1.165) is 0 Å². The van der Waals surface area contributed by atoms with Gasteiger partial charge < -0.3 is 14.8 Å². The fourth-order valence-electron chi connectivity index (χ4n) is 2.22. The number of amides is 1. The average molecular weight is 338 g/mol. The van der Waals surface area contributed by atoms with Gasteiger partial charge in [0.1, 0.15) is 5.75 Å². The first-order valence-electron chi connectivity index (χ1n) is 7.66. The molecule has 1 atom stereocenters. The van der Waals surface area contributed by atoms with Crippen LogP contribution in [0.15, 0.2) is 48.5 Å².